The van der Waals surface area contributed by atoms with E-state index in [0.717, 1.165) is 45.1 Å². The Labute approximate surface area is 464 Å². The molecule has 3 aromatic carbocycles. The number of amides is 2. The zero-order valence-corrected chi connectivity index (χ0v) is 46.0. The monoisotopic (exact) mass is 1170 g/mol. The fourth-order valence-corrected chi connectivity index (χ4v) is 11.5. The third kappa shape index (κ3) is 16.1. The van der Waals surface area contributed by atoms with Crippen LogP contribution in [0.15, 0.2) is 126 Å². The molecule has 3 saturated heterocycles. The van der Waals surface area contributed by atoms with Crippen molar-refractivity contribution in [3.8, 4) is 34.0 Å². The first-order valence-corrected chi connectivity index (χ1v) is 28.1. The van der Waals surface area contributed by atoms with Crippen LogP contribution in [0.5, 0.6) is 0 Å². The lowest BCUT2D eigenvalue weighted by Gasteiger charge is -2.12. The van der Waals surface area contributed by atoms with E-state index in [1.54, 1.807) is 53.4 Å². The van der Waals surface area contributed by atoms with Crippen LogP contribution < -0.4 is 5.32 Å². The first-order chi connectivity index (χ1) is 35.7. The highest BCUT2D eigenvalue weighted by Crippen LogP contribution is 2.35. The standard InChI is InChI=1S/C18H16ClNO4S2.C17H15NO3S2.C16H12FNO5S3/c1-2-7-23-17(22)12-8-10(3-5-13(12)19)14-6-4-11(24-14)9-15-16(21)20-18(25)26-15;1-11-2-4-12(5-3-11)15-7-6-13(21-15)8-14-9-18(10-16(19)20)17(22)23-14;17-11-3-1-10(2-4-11)13-6-5-12(23-13)9-14-15(19)18(16(24)25-14)7-8-26(20,21)22/h3-6,8,15H,2,7,9H2,1H3,(H,20,21,25);2-8H,9-10H2,1H3,(H,19,20);1-6,9H,7-8H2,(H,20,21,22)/b;14-8-;14-9-. The van der Waals surface area contributed by atoms with E-state index < -0.39 is 33.7 Å². The third-order valence-corrected chi connectivity index (χ3v) is 15.8. The number of halogens is 2. The normalized spacial score (nSPS) is 16.5. The highest BCUT2D eigenvalue weighted by molar-refractivity contribution is 8.27. The van der Waals surface area contributed by atoms with Crippen molar-refractivity contribution < 1.29 is 59.6 Å². The largest absolute Gasteiger partial charge is 0.480 e. The van der Waals surface area contributed by atoms with Gasteiger partial charge in [-0.1, -0.05) is 120 Å². The van der Waals surface area contributed by atoms with E-state index in [9.17, 15) is 32.0 Å². The van der Waals surface area contributed by atoms with Crippen molar-refractivity contribution in [3.63, 3.8) is 0 Å². The maximum atomic E-state index is 13.0. The van der Waals surface area contributed by atoms with Crippen LogP contribution in [0.2, 0.25) is 5.02 Å². The minimum Gasteiger partial charge on any atom is -0.480 e. The minimum atomic E-state index is -4.19. The number of carboxylic acid groups (broad SMARTS) is 1. The Morgan fingerprint density at radius 2 is 1.47 bits per heavy atom. The number of thiocarbonyl (C=S) groups is 3. The van der Waals surface area contributed by atoms with Crippen LogP contribution in [-0.2, 0) is 35.7 Å². The maximum Gasteiger partial charge on any atom is 0.339 e. The maximum absolute atomic E-state index is 13.0. The molecule has 2 amide bonds. The van der Waals surface area contributed by atoms with Gasteiger partial charge in [0, 0.05) is 40.6 Å². The molecule has 0 bridgehead atoms. The van der Waals surface area contributed by atoms with Crippen LogP contribution in [0.3, 0.4) is 0 Å². The molecule has 15 nitrogen and oxygen atoms in total. The van der Waals surface area contributed by atoms with E-state index in [-0.39, 0.29) is 39.3 Å². The molecule has 0 spiro atoms. The van der Waals surface area contributed by atoms with Crippen molar-refractivity contribution in [1.29, 1.82) is 0 Å². The van der Waals surface area contributed by atoms with Gasteiger partial charge in [-0.05, 0) is 98.3 Å². The molecular weight excluding hydrogens is 1130 g/mol. The molecule has 0 aliphatic carbocycles. The molecule has 3 N–H and O–H groups in total. The summed E-state index contributed by atoms with van der Waals surface area (Å²) in [6, 6.07) is 29.8. The van der Waals surface area contributed by atoms with Crippen LogP contribution in [0.1, 0.15) is 46.5 Å². The number of aliphatic carboxylic acids is 1. The van der Waals surface area contributed by atoms with Gasteiger partial charge in [0.25, 0.3) is 16.0 Å². The molecule has 75 heavy (non-hydrogen) atoms. The number of hydrogen-bond donors (Lipinski definition) is 3. The number of nitrogens with one attached hydrogen (secondary N) is 1. The van der Waals surface area contributed by atoms with Crippen LogP contribution >= 0.6 is 83.5 Å². The molecule has 6 aromatic rings. The predicted molar refractivity (Wildman–Crippen MR) is 302 cm³/mol. The van der Waals surface area contributed by atoms with Crippen LogP contribution in [0.25, 0.3) is 46.1 Å². The van der Waals surface area contributed by atoms with E-state index >= 15 is 0 Å². The second kappa shape index (κ2) is 25.8. The quantitative estimate of drug-likeness (QED) is 0.0378. The SMILES string of the molecule is CCCOC(=O)c1cc(-c2ccc(CC3SC(=S)NC3=O)o2)ccc1Cl.Cc1ccc(-c2ccc(/C=C3/CN(CC(=O)O)C(=S)S3)o2)cc1.O=C1/C(=C/c2ccc(-c3ccc(F)cc3)o2)SC(=S)N1CCS(=O)(=O)O. The van der Waals surface area contributed by atoms with E-state index in [0.29, 0.717) is 73.0 Å². The minimum absolute atomic E-state index is 0.0735. The average molecular weight is 1170 g/mol. The lowest BCUT2D eigenvalue weighted by molar-refractivity contribution is -0.137. The molecule has 6 heterocycles. The highest BCUT2D eigenvalue weighted by atomic mass is 35.5. The van der Waals surface area contributed by atoms with Crippen LogP contribution in [0.4, 0.5) is 4.39 Å². The third-order valence-electron chi connectivity index (χ3n) is 10.6. The van der Waals surface area contributed by atoms with Gasteiger partial charge in [-0.3, -0.25) is 23.8 Å². The number of aryl methyl sites for hydroxylation is 1. The summed E-state index contributed by atoms with van der Waals surface area (Å²) in [5, 5.41) is 11.5. The average Bonchev–Trinajstić information content (AvgIpc) is 4.25. The second-order valence-corrected chi connectivity index (χ2v) is 23.6. The van der Waals surface area contributed by atoms with Gasteiger partial charge in [0.05, 0.1) is 39.6 Å². The number of rotatable bonds is 15. The Morgan fingerprint density at radius 1 is 0.853 bits per heavy atom. The van der Waals surface area contributed by atoms with E-state index in [1.807, 2.05) is 62.4 Å². The van der Waals surface area contributed by atoms with Crippen molar-refractivity contribution in [3.05, 3.63) is 152 Å². The van der Waals surface area contributed by atoms with E-state index in [2.05, 4.69) is 5.32 Å². The summed E-state index contributed by atoms with van der Waals surface area (Å²) in [5.41, 5.74) is 3.93. The molecule has 3 fully saturated rings. The van der Waals surface area contributed by atoms with E-state index in [4.69, 9.17) is 75.9 Å². The van der Waals surface area contributed by atoms with Crippen molar-refractivity contribution in [2.75, 3.05) is 32.0 Å². The first kappa shape index (κ1) is 56.8. The summed E-state index contributed by atoms with van der Waals surface area (Å²) in [7, 11) is -4.19. The predicted octanol–water partition coefficient (Wildman–Crippen LogP) is 11.4. The van der Waals surface area contributed by atoms with Gasteiger partial charge in [0.2, 0.25) is 5.91 Å². The summed E-state index contributed by atoms with van der Waals surface area (Å²) in [5.74, 6) is 0.872. The van der Waals surface area contributed by atoms with Crippen molar-refractivity contribution in [1.82, 2.24) is 15.1 Å². The molecular formula is C51H43ClFN3O12S7. The topological polar surface area (TPSA) is 210 Å². The molecule has 1 atom stereocenters. The van der Waals surface area contributed by atoms with Gasteiger partial charge in [-0.2, -0.15) is 8.42 Å². The van der Waals surface area contributed by atoms with Crippen LogP contribution in [0, 0.1) is 12.7 Å². The molecule has 9 rings (SSSR count). The van der Waals surface area contributed by atoms with Gasteiger partial charge in [0.15, 0.2) is 0 Å². The zero-order valence-electron chi connectivity index (χ0n) is 39.5. The zero-order chi connectivity index (χ0) is 54.0. The molecule has 3 aliphatic heterocycles. The lowest BCUT2D eigenvalue weighted by atomic mass is 10.1. The molecule has 0 radical (unpaired) electrons. The van der Waals surface area contributed by atoms with Crippen LogP contribution in [-0.4, -0.2) is 102 Å². The number of nitrogens with zero attached hydrogens (tertiary/aromatic N) is 2. The second-order valence-electron chi connectivity index (χ2n) is 16.3. The summed E-state index contributed by atoms with van der Waals surface area (Å²) in [6.45, 7) is 4.52. The summed E-state index contributed by atoms with van der Waals surface area (Å²) < 4.78 is 67.2. The Kier molecular flexibility index (Phi) is 19.5. The fraction of sp³-hybridized carbons (Fsp3) is 0.196. The number of carbonyl (C=O) groups excluding carboxylic acids is 3. The van der Waals surface area contributed by atoms with Gasteiger partial charge in [0.1, 0.15) is 59.9 Å². The first-order valence-electron chi connectivity index (χ1n) is 22.4. The summed E-state index contributed by atoms with van der Waals surface area (Å²) in [6.07, 6.45) is 4.59. The van der Waals surface area contributed by atoms with Gasteiger partial charge in [-0.15, -0.1) is 0 Å². The number of carbonyl (C=O) groups is 4. The Bertz CT molecular complexity index is 3330. The number of hydrogen-bond acceptors (Lipinski definition) is 16. The van der Waals surface area contributed by atoms with Crippen molar-refractivity contribution >= 4 is 143 Å². The van der Waals surface area contributed by atoms with Crippen molar-refractivity contribution in [2.45, 2.75) is 31.9 Å². The lowest BCUT2D eigenvalue weighted by Crippen LogP contribution is -2.32. The number of thioether (sulfide) groups is 3. The highest BCUT2D eigenvalue weighted by Gasteiger charge is 2.33. The smallest absolute Gasteiger partial charge is 0.339 e. The summed E-state index contributed by atoms with van der Waals surface area (Å²) in [4.78, 5) is 51.1. The Hall–Kier alpha value is -5.89. The molecule has 3 aliphatic rings. The number of benzene rings is 3. The molecule has 24 heteroatoms. The number of esters is 1. The molecule has 390 valence electrons. The Morgan fingerprint density at radius 3 is 2.08 bits per heavy atom. The van der Waals surface area contributed by atoms with Crippen molar-refractivity contribution in [2.24, 2.45) is 0 Å². The Balaban J connectivity index is 0.000000164. The number of ether oxygens (including phenoxy) is 1. The fourth-order valence-electron chi connectivity index (χ4n) is 6.97. The molecule has 1 unspecified atom stereocenters. The number of carboxylic acids is 1. The summed E-state index contributed by atoms with van der Waals surface area (Å²) >= 11 is 25.1. The van der Waals surface area contributed by atoms with Gasteiger partial charge in [-0.25, -0.2) is 9.18 Å². The van der Waals surface area contributed by atoms with Gasteiger partial charge < -0.3 is 33.3 Å². The van der Waals surface area contributed by atoms with E-state index in [1.165, 1.54) is 47.3 Å². The number of furan rings is 3. The van der Waals surface area contributed by atoms with Gasteiger partial charge >= 0.3 is 11.9 Å². The molecule has 3 aromatic heterocycles. The molecule has 0 saturated carbocycles.